The van der Waals surface area contributed by atoms with Gasteiger partial charge in [0, 0.05) is 13.6 Å². The van der Waals surface area contributed by atoms with E-state index in [-0.39, 0.29) is 18.1 Å². The number of amides is 2. The van der Waals surface area contributed by atoms with Crippen LogP contribution in [0.3, 0.4) is 0 Å². The van der Waals surface area contributed by atoms with Crippen LogP contribution in [0.1, 0.15) is 43.2 Å². The van der Waals surface area contributed by atoms with Gasteiger partial charge in [-0.2, -0.15) is 11.3 Å². The lowest BCUT2D eigenvalue weighted by Crippen LogP contribution is -2.41. The van der Waals surface area contributed by atoms with Crippen LogP contribution >= 0.6 is 11.3 Å². The number of nitrogens with zero attached hydrogens (tertiary/aromatic N) is 4. The van der Waals surface area contributed by atoms with E-state index in [2.05, 4.69) is 32.3 Å². The maximum atomic E-state index is 12.5. The smallest absolute Gasteiger partial charge is 0.318 e. The van der Waals surface area contributed by atoms with Gasteiger partial charge in [-0.05, 0) is 42.2 Å². The molecule has 1 N–H and O–H groups in total. The molecule has 2 atom stereocenters. The van der Waals surface area contributed by atoms with Gasteiger partial charge in [0.1, 0.15) is 6.33 Å². The zero-order chi connectivity index (χ0) is 14.8. The Kier molecular flexibility index (Phi) is 3.92. The van der Waals surface area contributed by atoms with Gasteiger partial charge in [0.15, 0.2) is 5.82 Å². The predicted molar refractivity (Wildman–Crippen MR) is 80.9 cm³/mol. The normalized spacial score (nSPS) is 19.7. The standard InChI is InChI=1S/C14H19N5OS/c1-10(13-17-15-9-18(13)2)16-14(20)19-6-3-4-12(19)11-5-7-21-8-11/h5,7-10,12H,3-4,6H2,1-2H3,(H,16,20)/t10-,12+/m0/s1. The van der Waals surface area contributed by atoms with Crippen LogP contribution in [-0.2, 0) is 7.05 Å². The van der Waals surface area contributed by atoms with Crippen molar-refractivity contribution in [2.75, 3.05) is 6.54 Å². The van der Waals surface area contributed by atoms with Crippen LogP contribution < -0.4 is 5.32 Å². The average Bonchev–Trinajstić information content (AvgIpc) is 3.19. The molecule has 0 aromatic carbocycles. The van der Waals surface area contributed by atoms with E-state index in [1.165, 1.54) is 5.56 Å². The zero-order valence-corrected chi connectivity index (χ0v) is 13.0. The fraction of sp³-hybridized carbons (Fsp3) is 0.500. The summed E-state index contributed by atoms with van der Waals surface area (Å²) in [6, 6.07) is 2.11. The summed E-state index contributed by atoms with van der Waals surface area (Å²) in [6.07, 6.45) is 3.72. The van der Waals surface area contributed by atoms with E-state index in [1.807, 2.05) is 23.4 Å². The van der Waals surface area contributed by atoms with Crippen LogP contribution in [0.15, 0.2) is 23.2 Å². The first-order valence-electron chi connectivity index (χ1n) is 7.10. The number of thiophene rings is 1. The van der Waals surface area contributed by atoms with Gasteiger partial charge >= 0.3 is 6.03 Å². The van der Waals surface area contributed by atoms with Crippen LogP contribution in [0.5, 0.6) is 0 Å². The molecule has 0 saturated carbocycles. The van der Waals surface area contributed by atoms with E-state index >= 15 is 0 Å². The molecule has 0 spiro atoms. The molecule has 0 aliphatic carbocycles. The summed E-state index contributed by atoms with van der Waals surface area (Å²) in [5, 5.41) is 15.1. The number of aryl methyl sites for hydroxylation is 1. The van der Waals surface area contributed by atoms with Crippen molar-refractivity contribution in [2.24, 2.45) is 7.05 Å². The summed E-state index contributed by atoms with van der Waals surface area (Å²) in [4.78, 5) is 14.5. The van der Waals surface area contributed by atoms with Crippen molar-refractivity contribution in [3.05, 3.63) is 34.5 Å². The third-order valence-corrected chi connectivity index (χ3v) is 4.62. The maximum absolute atomic E-state index is 12.5. The Hall–Kier alpha value is -1.89. The van der Waals surface area contributed by atoms with Gasteiger partial charge in [-0.15, -0.1) is 10.2 Å². The van der Waals surface area contributed by atoms with Crippen molar-refractivity contribution in [1.29, 1.82) is 0 Å². The van der Waals surface area contributed by atoms with Crippen LogP contribution in [0.25, 0.3) is 0 Å². The van der Waals surface area contributed by atoms with Gasteiger partial charge in [0.2, 0.25) is 0 Å². The van der Waals surface area contributed by atoms with E-state index in [1.54, 1.807) is 17.7 Å². The first kappa shape index (κ1) is 14.1. The van der Waals surface area contributed by atoms with Crippen molar-refractivity contribution in [1.82, 2.24) is 25.0 Å². The number of nitrogens with one attached hydrogen (secondary N) is 1. The Morgan fingerprint density at radius 2 is 2.43 bits per heavy atom. The third-order valence-electron chi connectivity index (χ3n) is 3.92. The minimum Gasteiger partial charge on any atom is -0.328 e. The van der Waals surface area contributed by atoms with Gasteiger partial charge in [0.25, 0.3) is 0 Å². The highest BCUT2D eigenvalue weighted by Gasteiger charge is 2.31. The average molecular weight is 305 g/mol. The number of urea groups is 1. The van der Waals surface area contributed by atoms with Gasteiger partial charge in [-0.1, -0.05) is 0 Å². The molecule has 2 amide bonds. The molecule has 2 aromatic heterocycles. The number of aromatic nitrogens is 3. The van der Waals surface area contributed by atoms with Crippen molar-refractivity contribution in [2.45, 2.75) is 31.8 Å². The molecule has 1 saturated heterocycles. The van der Waals surface area contributed by atoms with Crippen LogP contribution in [0.4, 0.5) is 4.79 Å². The molecule has 0 unspecified atom stereocenters. The molecule has 21 heavy (non-hydrogen) atoms. The molecule has 7 heteroatoms. The van der Waals surface area contributed by atoms with Gasteiger partial charge in [0.05, 0.1) is 12.1 Å². The molecular weight excluding hydrogens is 286 g/mol. The highest BCUT2D eigenvalue weighted by molar-refractivity contribution is 7.07. The summed E-state index contributed by atoms with van der Waals surface area (Å²) < 4.78 is 1.82. The quantitative estimate of drug-likeness (QED) is 0.947. The minimum atomic E-state index is -0.159. The zero-order valence-electron chi connectivity index (χ0n) is 12.2. The number of rotatable bonds is 3. The Labute approximate surface area is 127 Å². The van der Waals surface area contributed by atoms with Crippen molar-refractivity contribution >= 4 is 17.4 Å². The Balaban J connectivity index is 1.69. The van der Waals surface area contributed by atoms with Gasteiger partial charge < -0.3 is 14.8 Å². The second kappa shape index (κ2) is 5.85. The first-order valence-corrected chi connectivity index (χ1v) is 8.04. The number of carbonyl (C=O) groups excluding carboxylic acids is 1. The summed E-state index contributed by atoms with van der Waals surface area (Å²) in [6.45, 7) is 2.73. The van der Waals surface area contributed by atoms with E-state index in [9.17, 15) is 4.79 Å². The largest absolute Gasteiger partial charge is 0.328 e. The van der Waals surface area contributed by atoms with Crippen LogP contribution in [0.2, 0.25) is 0 Å². The lowest BCUT2D eigenvalue weighted by Gasteiger charge is -2.26. The molecule has 112 valence electrons. The van der Waals surface area contributed by atoms with Gasteiger partial charge in [-0.3, -0.25) is 0 Å². The monoisotopic (exact) mass is 305 g/mol. The van der Waals surface area contributed by atoms with Gasteiger partial charge in [-0.25, -0.2) is 4.79 Å². The topological polar surface area (TPSA) is 63.1 Å². The second-order valence-corrected chi connectivity index (χ2v) is 6.16. The molecule has 1 aliphatic rings. The molecule has 3 heterocycles. The Morgan fingerprint density at radius 1 is 1.57 bits per heavy atom. The molecule has 6 nitrogen and oxygen atoms in total. The van der Waals surface area contributed by atoms with Crippen molar-refractivity contribution < 1.29 is 4.79 Å². The summed E-state index contributed by atoms with van der Waals surface area (Å²) >= 11 is 1.67. The predicted octanol–water partition coefficient (Wildman–Crippen LogP) is 2.48. The molecule has 0 bridgehead atoms. The van der Waals surface area contributed by atoms with Crippen molar-refractivity contribution in [3.63, 3.8) is 0 Å². The molecular formula is C14H19N5OS. The highest BCUT2D eigenvalue weighted by Crippen LogP contribution is 2.33. The van der Waals surface area contributed by atoms with Crippen LogP contribution in [0, 0.1) is 0 Å². The molecule has 3 rings (SSSR count). The second-order valence-electron chi connectivity index (χ2n) is 5.38. The third kappa shape index (κ3) is 2.78. The number of carbonyl (C=O) groups is 1. The lowest BCUT2D eigenvalue weighted by molar-refractivity contribution is 0.189. The molecule has 1 fully saturated rings. The summed E-state index contributed by atoms with van der Waals surface area (Å²) in [5.74, 6) is 0.759. The summed E-state index contributed by atoms with van der Waals surface area (Å²) in [7, 11) is 1.88. The number of likely N-dealkylation sites (tertiary alicyclic amines) is 1. The molecule has 0 radical (unpaired) electrons. The summed E-state index contributed by atoms with van der Waals surface area (Å²) in [5.41, 5.74) is 1.24. The molecule has 2 aromatic rings. The van der Waals surface area contributed by atoms with Crippen molar-refractivity contribution in [3.8, 4) is 0 Å². The van der Waals surface area contributed by atoms with E-state index < -0.39 is 0 Å². The maximum Gasteiger partial charge on any atom is 0.318 e. The Morgan fingerprint density at radius 3 is 3.10 bits per heavy atom. The van der Waals surface area contributed by atoms with E-state index in [4.69, 9.17) is 0 Å². The number of hydrogen-bond donors (Lipinski definition) is 1. The lowest BCUT2D eigenvalue weighted by atomic mass is 10.1. The fourth-order valence-corrected chi connectivity index (χ4v) is 3.54. The first-order chi connectivity index (χ1) is 10.2. The molecule has 1 aliphatic heterocycles. The van der Waals surface area contributed by atoms with E-state index in [0.29, 0.717) is 0 Å². The Bertz CT molecular complexity index is 609. The fourth-order valence-electron chi connectivity index (χ4n) is 2.84. The highest BCUT2D eigenvalue weighted by atomic mass is 32.1. The minimum absolute atomic E-state index is 0.0285. The van der Waals surface area contributed by atoms with E-state index in [0.717, 1.165) is 25.2 Å². The van der Waals surface area contributed by atoms with Crippen LogP contribution in [-0.4, -0.2) is 32.2 Å². The number of hydrogen-bond acceptors (Lipinski definition) is 4. The SMILES string of the molecule is C[C@H](NC(=O)N1CCC[C@@H]1c1ccsc1)c1nncn1C.